The molecule has 0 aliphatic carbocycles. The number of nitrogens with one attached hydrogen (secondary N) is 1. The Morgan fingerprint density at radius 1 is 1.17 bits per heavy atom. The number of rotatable bonds is 6. The van der Waals surface area contributed by atoms with Crippen molar-refractivity contribution in [2.45, 2.75) is 13.8 Å². The van der Waals surface area contributed by atoms with Gasteiger partial charge in [0.15, 0.2) is 11.6 Å². The Labute approximate surface area is 135 Å². The van der Waals surface area contributed by atoms with Gasteiger partial charge in [0, 0.05) is 5.56 Å². The fourth-order valence-corrected chi connectivity index (χ4v) is 2.12. The highest BCUT2D eigenvalue weighted by molar-refractivity contribution is 5.94. The molecule has 0 radical (unpaired) electrons. The van der Waals surface area contributed by atoms with Crippen LogP contribution in [0.4, 0.5) is 4.39 Å². The average molecular weight is 317 g/mol. The van der Waals surface area contributed by atoms with Crippen molar-refractivity contribution < 1.29 is 18.7 Å². The number of ether oxygens (including phenoxy) is 2. The van der Waals surface area contributed by atoms with Crippen molar-refractivity contribution in [2.24, 2.45) is 0 Å². The van der Waals surface area contributed by atoms with Gasteiger partial charge in [-0.15, -0.1) is 0 Å². The normalized spacial score (nSPS) is 10.3. The lowest BCUT2D eigenvalue weighted by Gasteiger charge is -2.11. The lowest BCUT2D eigenvalue weighted by molar-refractivity contribution is 0.0946. The molecule has 0 saturated heterocycles. The maximum absolute atomic E-state index is 13.6. The summed E-state index contributed by atoms with van der Waals surface area (Å²) in [6, 6.07) is 9.93. The predicted molar refractivity (Wildman–Crippen MR) is 86.7 cm³/mol. The number of amides is 1. The molecule has 2 rings (SSSR count). The minimum absolute atomic E-state index is 0.111. The highest BCUT2D eigenvalue weighted by atomic mass is 19.1. The van der Waals surface area contributed by atoms with E-state index in [1.165, 1.54) is 19.2 Å². The van der Waals surface area contributed by atoms with Gasteiger partial charge in [0.05, 0.1) is 13.7 Å². The molecule has 0 atom stereocenters. The maximum atomic E-state index is 13.6. The zero-order valence-corrected chi connectivity index (χ0v) is 13.5. The van der Waals surface area contributed by atoms with Crippen molar-refractivity contribution in [3.8, 4) is 11.5 Å². The van der Waals surface area contributed by atoms with Crippen LogP contribution in [0.3, 0.4) is 0 Å². The molecule has 0 aliphatic rings. The molecule has 2 aromatic carbocycles. The molecule has 0 aliphatic heterocycles. The fourth-order valence-electron chi connectivity index (χ4n) is 2.12. The molecule has 4 nitrogen and oxygen atoms in total. The zero-order valence-electron chi connectivity index (χ0n) is 13.5. The third-order valence-electron chi connectivity index (χ3n) is 3.61. The largest absolute Gasteiger partial charge is 0.494 e. The lowest BCUT2D eigenvalue weighted by Crippen LogP contribution is -2.28. The van der Waals surface area contributed by atoms with Crippen LogP contribution in [0.15, 0.2) is 36.4 Å². The second-order valence-electron chi connectivity index (χ2n) is 5.15. The van der Waals surface area contributed by atoms with Crippen LogP contribution in [0, 0.1) is 19.7 Å². The molecule has 122 valence electrons. The van der Waals surface area contributed by atoms with Crippen molar-refractivity contribution in [1.29, 1.82) is 0 Å². The Kier molecular flexibility index (Phi) is 5.57. The minimum atomic E-state index is -0.563. The second-order valence-corrected chi connectivity index (χ2v) is 5.15. The van der Waals surface area contributed by atoms with Crippen LogP contribution in [0.2, 0.25) is 0 Å². The van der Waals surface area contributed by atoms with Gasteiger partial charge in [-0.05, 0) is 49.2 Å². The number of benzene rings is 2. The van der Waals surface area contributed by atoms with E-state index in [0.29, 0.717) is 13.2 Å². The molecule has 0 aromatic heterocycles. The SMILES string of the molecule is COc1ccc(C(=O)NCCOc2cccc(C)c2C)cc1F. The average Bonchev–Trinajstić information content (AvgIpc) is 2.55. The predicted octanol–water partition coefficient (Wildman–Crippen LogP) is 3.26. The summed E-state index contributed by atoms with van der Waals surface area (Å²) in [6.07, 6.45) is 0. The van der Waals surface area contributed by atoms with Crippen LogP contribution in [-0.2, 0) is 0 Å². The zero-order chi connectivity index (χ0) is 16.8. The monoisotopic (exact) mass is 317 g/mol. The van der Waals surface area contributed by atoms with Crippen LogP contribution < -0.4 is 14.8 Å². The van der Waals surface area contributed by atoms with E-state index in [0.717, 1.165) is 22.9 Å². The van der Waals surface area contributed by atoms with Gasteiger partial charge in [0.25, 0.3) is 5.91 Å². The third-order valence-corrected chi connectivity index (χ3v) is 3.61. The van der Waals surface area contributed by atoms with Crippen molar-refractivity contribution in [1.82, 2.24) is 5.32 Å². The first-order chi connectivity index (χ1) is 11.0. The molecule has 2 aromatic rings. The van der Waals surface area contributed by atoms with Gasteiger partial charge in [-0.1, -0.05) is 12.1 Å². The number of carbonyl (C=O) groups excluding carboxylic acids is 1. The Hall–Kier alpha value is -2.56. The Bertz CT molecular complexity index is 701. The van der Waals surface area contributed by atoms with Crippen molar-refractivity contribution in [3.63, 3.8) is 0 Å². The van der Waals surface area contributed by atoms with Crippen LogP contribution in [0.1, 0.15) is 21.5 Å². The third kappa shape index (κ3) is 4.22. The van der Waals surface area contributed by atoms with Gasteiger partial charge in [0.2, 0.25) is 0 Å². The molecule has 23 heavy (non-hydrogen) atoms. The molecule has 0 saturated carbocycles. The van der Waals surface area contributed by atoms with Gasteiger partial charge in [-0.3, -0.25) is 4.79 Å². The molecule has 0 unspecified atom stereocenters. The molecule has 0 fully saturated rings. The molecule has 0 spiro atoms. The second kappa shape index (κ2) is 7.63. The molecular weight excluding hydrogens is 297 g/mol. The molecule has 5 heteroatoms. The van der Waals surface area contributed by atoms with Crippen LogP contribution in [-0.4, -0.2) is 26.2 Å². The molecule has 0 bridgehead atoms. The fraction of sp³-hybridized carbons (Fsp3) is 0.278. The molecule has 1 amide bonds. The standard InChI is InChI=1S/C18H20FNO3/c1-12-5-4-6-16(13(12)2)23-10-9-20-18(21)14-7-8-17(22-3)15(19)11-14/h4-8,11H,9-10H2,1-3H3,(H,20,21). The summed E-state index contributed by atoms with van der Waals surface area (Å²) in [7, 11) is 1.38. The summed E-state index contributed by atoms with van der Waals surface area (Å²) in [5, 5.41) is 2.70. The summed E-state index contributed by atoms with van der Waals surface area (Å²) in [4.78, 5) is 12.0. The molecular formula is C18H20FNO3. The summed E-state index contributed by atoms with van der Waals surface area (Å²) >= 11 is 0. The number of hydrogen-bond donors (Lipinski definition) is 1. The van der Waals surface area contributed by atoms with Crippen molar-refractivity contribution >= 4 is 5.91 Å². The highest BCUT2D eigenvalue weighted by Crippen LogP contribution is 2.20. The first kappa shape index (κ1) is 16.8. The van der Waals surface area contributed by atoms with Crippen LogP contribution >= 0.6 is 0 Å². The van der Waals surface area contributed by atoms with E-state index in [-0.39, 0.29) is 17.2 Å². The number of halogens is 1. The number of carbonyl (C=O) groups is 1. The minimum Gasteiger partial charge on any atom is -0.494 e. The highest BCUT2D eigenvalue weighted by Gasteiger charge is 2.09. The summed E-state index contributed by atoms with van der Waals surface area (Å²) in [6.45, 7) is 4.68. The topological polar surface area (TPSA) is 47.6 Å². The van der Waals surface area contributed by atoms with E-state index >= 15 is 0 Å². The van der Waals surface area contributed by atoms with Gasteiger partial charge in [-0.25, -0.2) is 4.39 Å². The van der Waals surface area contributed by atoms with Gasteiger partial charge >= 0.3 is 0 Å². The number of hydrogen-bond acceptors (Lipinski definition) is 3. The van der Waals surface area contributed by atoms with E-state index < -0.39 is 5.82 Å². The van der Waals surface area contributed by atoms with Crippen molar-refractivity contribution in [2.75, 3.05) is 20.3 Å². The van der Waals surface area contributed by atoms with E-state index in [4.69, 9.17) is 9.47 Å². The van der Waals surface area contributed by atoms with Gasteiger partial charge in [-0.2, -0.15) is 0 Å². The Morgan fingerprint density at radius 3 is 2.65 bits per heavy atom. The maximum Gasteiger partial charge on any atom is 0.251 e. The summed E-state index contributed by atoms with van der Waals surface area (Å²) in [5.41, 5.74) is 2.48. The van der Waals surface area contributed by atoms with Gasteiger partial charge < -0.3 is 14.8 Å². The van der Waals surface area contributed by atoms with E-state index in [2.05, 4.69) is 5.32 Å². The quantitative estimate of drug-likeness (QED) is 0.832. The summed E-state index contributed by atoms with van der Waals surface area (Å²) < 4.78 is 24.0. The first-order valence-electron chi connectivity index (χ1n) is 7.33. The van der Waals surface area contributed by atoms with Gasteiger partial charge in [0.1, 0.15) is 12.4 Å². The first-order valence-corrected chi connectivity index (χ1v) is 7.33. The number of aryl methyl sites for hydroxylation is 1. The smallest absolute Gasteiger partial charge is 0.251 e. The Morgan fingerprint density at radius 2 is 1.96 bits per heavy atom. The van der Waals surface area contributed by atoms with Crippen molar-refractivity contribution in [3.05, 3.63) is 58.9 Å². The van der Waals surface area contributed by atoms with E-state index in [1.54, 1.807) is 0 Å². The molecule has 0 heterocycles. The van der Waals surface area contributed by atoms with E-state index in [1.807, 2.05) is 32.0 Å². The van der Waals surface area contributed by atoms with Crippen LogP contribution in [0.25, 0.3) is 0 Å². The van der Waals surface area contributed by atoms with Crippen LogP contribution in [0.5, 0.6) is 11.5 Å². The number of methoxy groups -OCH3 is 1. The van der Waals surface area contributed by atoms with E-state index in [9.17, 15) is 9.18 Å². The summed E-state index contributed by atoms with van der Waals surface area (Å²) in [5.74, 6) is -0.00236. The Balaban J connectivity index is 1.85. The molecule has 1 N–H and O–H groups in total. The lowest BCUT2D eigenvalue weighted by atomic mass is 10.1.